The Kier molecular flexibility index (Phi) is 6.21. The van der Waals surface area contributed by atoms with E-state index in [-0.39, 0.29) is 17.1 Å². The van der Waals surface area contributed by atoms with Gasteiger partial charge < -0.3 is 24.1 Å². The molecule has 2 aromatic rings. The number of amides is 1. The van der Waals surface area contributed by atoms with Gasteiger partial charge in [0.2, 0.25) is 0 Å². The molecule has 0 saturated carbocycles. The second kappa shape index (κ2) is 9.01. The van der Waals surface area contributed by atoms with Crippen LogP contribution in [-0.2, 0) is 4.74 Å². The van der Waals surface area contributed by atoms with Crippen LogP contribution in [0.15, 0.2) is 40.8 Å². The quantitative estimate of drug-likeness (QED) is 0.764. The zero-order valence-electron chi connectivity index (χ0n) is 17.1. The summed E-state index contributed by atoms with van der Waals surface area (Å²) in [4.78, 5) is 15.2. The Morgan fingerprint density at radius 1 is 1.10 bits per heavy atom. The van der Waals surface area contributed by atoms with Gasteiger partial charge in [-0.3, -0.25) is 4.79 Å². The van der Waals surface area contributed by atoms with Gasteiger partial charge in [-0.15, -0.1) is 0 Å². The van der Waals surface area contributed by atoms with Gasteiger partial charge in [0.1, 0.15) is 5.75 Å². The minimum Gasteiger partial charge on any atom is -0.426 e. The molecular weight excluding hydrogens is 368 g/mol. The van der Waals surface area contributed by atoms with Crippen LogP contribution < -0.4 is 10.1 Å². The van der Waals surface area contributed by atoms with Crippen molar-refractivity contribution in [3.05, 3.63) is 47.7 Å². The Hall–Kier alpha value is -2.31. The number of hydrogen-bond acceptors (Lipinski definition) is 5. The molecule has 1 amide bonds. The average Bonchev–Trinajstić information content (AvgIpc) is 3.41. The van der Waals surface area contributed by atoms with Crippen LogP contribution in [0.4, 0.5) is 0 Å². The van der Waals surface area contributed by atoms with Gasteiger partial charge in [-0.05, 0) is 63.9 Å². The largest absolute Gasteiger partial charge is 0.426 e. The zero-order valence-corrected chi connectivity index (χ0v) is 17.1. The van der Waals surface area contributed by atoms with Crippen LogP contribution in [0, 0.1) is 12.3 Å². The molecular formula is C23H30N2O4. The zero-order chi connectivity index (χ0) is 20.1. The summed E-state index contributed by atoms with van der Waals surface area (Å²) in [5, 5.41) is 3.10. The molecule has 156 valence electrons. The number of carbonyl (C=O) groups is 1. The Balaban J connectivity index is 1.35. The number of carbonyl (C=O) groups excluding carboxylic acids is 1. The summed E-state index contributed by atoms with van der Waals surface area (Å²) in [5.41, 5.74) is 1.24. The molecule has 0 atom stereocenters. The highest BCUT2D eigenvalue weighted by Crippen LogP contribution is 2.32. The third-order valence-electron chi connectivity index (χ3n) is 5.98. The minimum absolute atomic E-state index is 0.0755. The molecule has 0 aliphatic carbocycles. The van der Waals surface area contributed by atoms with Crippen LogP contribution in [0.5, 0.6) is 11.7 Å². The molecule has 1 aromatic heterocycles. The smallest absolute Gasteiger partial charge is 0.290 e. The van der Waals surface area contributed by atoms with Crippen LogP contribution in [-0.4, -0.2) is 50.2 Å². The summed E-state index contributed by atoms with van der Waals surface area (Å²) in [6.45, 7) is 7.53. The van der Waals surface area contributed by atoms with Crippen molar-refractivity contribution < 1.29 is 18.7 Å². The summed E-state index contributed by atoms with van der Waals surface area (Å²) in [7, 11) is 0. The molecule has 0 unspecified atom stereocenters. The number of aryl methyl sites for hydroxylation is 1. The first-order chi connectivity index (χ1) is 14.1. The first-order valence-corrected chi connectivity index (χ1v) is 10.5. The molecule has 0 radical (unpaired) electrons. The maximum atomic E-state index is 12.7. The Morgan fingerprint density at radius 3 is 2.55 bits per heavy atom. The third kappa shape index (κ3) is 5.19. The molecule has 0 spiro atoms. The average molecular weight is 399 g/mol. The van der Waals surface area contributed by atoms with E-state index in [4.69, 9.17) is 13.9 Å². The van der Waals surface area contributed by atoms with Gasteiger partial charge in [0.05, 0.1) is 0 Å². The lowest BCUT2D eigenvalue weighted by Crippen LogP contribution is -2.48. The molecule has 29 heavy (non-hydrogen) atoms. The van der Waals surface area contributed by atoms with Crippen LogP contribution in [0.2, 0.25) is 0 Å². The normalized spacial score (nSPS) is 19.2. The van der Waals surface area contributed by atoms with E-state index in [1.165, 1.54) is 12.8 Å². The minimum atomic E-state index is -0.198. The second-order valence-corrected chi connectivity index (χ2v) is 8.31. The van der Waals surface area contributed by atoms with Crippen molar-refractivity contribution in [2.24, 2.45) is 5.41 Å². The fourth-order valence-corrected chi connectivity index (χ4v) is 4.18. The molecule has 1 N–H and O–H groups in total. The third-order valence-corrected chi connectivity index (χ3v) is 5.98. The number of ether oxygens (including phenoxy) is 2. The number of hydrogen-bond donors (Lipinski definition) is 1. The van der Waals surface area contributed by atoms with Crippen molar-refractivity contribution >= 4 is 5.91 Å². The number of likely N-dealkylation sites (tertiary alicyclic amines) is 1. The number of nitrogens with one attached hydrogen (secondary N) is 1. The molecule has 2 aliphatic rings. The summed E-state index contributed by atoms with van der Waals surface area (Å²) < 4.78 is 16.9. The van der Waals surface area contributed by atoms with Crippen molar-refractivity contribution in [3.63, 3.8) is 0 Å². The Labute approximate surface area is 172 Å². The van der Waals surface area contributed by atoms with Crippen LogP contribution in [0.3, 0.4) is 0 Å². The monoisotopic (exact) mass is 398 g/mol. The Morgan fingerprint density at radius 2 is 1.83 bits per heavy atom. The van der Waals surface area contributed by atoms with Crippen molar-refractivity contribution in [2.75, 3.05) is 39.4 Å². The maximum Gasteiger partial charge on any atom is 0.290 e. The van der Waals surface area contributed by atoms with Gasteiger partial charge in [0.15, 0.2) is 5.76 Å². The van der Waals surface area contributed by atoms with E-state index >= 15 is 0 Å². The van der Waals surface area contributed by atoms with Crippen molar-refractivity contribution in [1.29, 1.82) is 0 Å². The maximum absolute atomic E-state index is 12.7. The van der Waals surface area contributed by atoms with E-state index in [1.54, 1.807) is 12.1 Å². The molecule has 2 fully saturated rings. The van der Waals surface area contributed by atoms with Crippen LogP contribution in [0.25, 0.3) is 0 Å². The van der Waals surface area contributed by atoms with Gasteiger partial charge in [0, 0.05) is 37.8 Å². The van der Waals surface area contributed by atoms with Gasteiger partial charge >= 0.3 is 0 Å². The molecule has 2 aliphatic heterocycles. The Bertz CT molecular complexity index is 803. The summed E-state index contributed by atoms with van der Waals surface area (Å²) in [6.07, 6.45) is 4.50. The van der Waals surface area contributed by atoms with Crippen molar-refractivity contribution in [1.82, 2.24) is 10.2 Å². The van der Waals surface area contributed by atoms with Crippen molar-refractivity contribution in [2.45, 2.75) is 32.6 Å². The predicted octanol–water partition coefficient (Wildman–Crippen LogP) is 4.00. The van der Waals surface area contributed by atoms with Gasteiger partial charge in [-0.1, -0.05) is 17.7 Å². The van der Waals surface area contributed by atoms with Gasteiger partial charge in [-0.2, -0.15) is 0 Å². The summed E-state index contributed by atoms with van der Waals surface area (Å²) in [5.74, 6) is 1.08. The van der Waals surface area contributed by atoms with E-state index in [2.05, 4.69) is 10.2 Å². The molecule has 2 saturated heterocycles. The lowest BCUT2D eigenvalue weighted by Gasteiger charge is -2.40. The number of rotatable bonds is 7. The highest BCUT2D eigenvalue weighted by atomic mass is 16.6. The first-order valence-electron chi connectivity index (χ1n) is 10.5. The van der Waals surface area contributed by atoms with E-state index in [1.807, 2.05) is 31.2 Å². The topological polar surface area (TPSA) is 63.9 Å². The molecule has 1 aromatic carbocycles. The van der Waals surface area contributed by atoms with E-state index in [0.29, 0.717) is 18.2 Å². The number of nitrogens with zero attached hydrogens (tertiary/aromatic N) is 1. The first kappa shape index (κ1) is 20.0. The molecule has 0 bridgehead atoms. The number of furan rings is 1. The van der Waals surface area contributed by atoms with E-state index < -0.39 is 0 Å². The van der Waals surface area contributed by atoms with Crippen LogP contribution in [0.1, 0.15) is 41.8 Å². The lowest BCUT2D eigenvalue weighted by atomic mass is 9.79. The van der Waals surface area contributed by atoms with Crippen molar-refractivity contribution in [3.8, 4) is 11.7 Å². The molecule has 4 rings (SSSR count). The summed E-state index contributed by atoms with van der Waals surface area (Å²) >= 11 is 0. The SMILES string of the molecule is Cc1ccc(Oc2ccc(C(=O)NCC3(CN4CCCC4)CCOCC3)o2)cc1. The predicted molar refractivity (Wildman–Crippen MR) is 110 cm³/mol. The molecule has 3 heterocycles. The fourth-order valence-electron chi connectivity index (χ4n) is 4.18. The van der Waals surface area contributed by atoms with E-state index in [9.17, 15) is 4.79 Å². The standard InChI is InChI=1S/C23H30N2O4/c1-18-4-6-19(7-5-18)28-21-9-8-20(29-21)22(26)24-16-23(10-14-27-15-11-23)17-25-12-2-3-13-25/h4-9H,2-3,10-17H2,1H3,(H,24,26). The molecule has 6 nitrogen and oxygen atoms in total. The molecule has 6 heteroatoms. The highest BCUT2D eigenvalue weighted by Gasteiger charge is 2.35. The number of benzene rings is 1. The highest BCUT2D eigenvalue weighted by molar-refractivity contribution is 5.91. The fraction of sp³-hybridized carbons (Fsp3) is 0.522. The summed E-state index contributed by atoms with van der Waals surface area (Å²) in [6, 6.07) is 11.0. The van der Waals surface area contributed by atoms with E-state index in [0.717, 1.165) is 51.3 Å². The van der Waals surface area contributed by atoms with Gasteiger partial charge in [0.25, 0.3) is 11.9 Å². The lowest BCUT2D eigenvalue weighted by molar-refractivity contribution is -0.000761. The second-order valence-electron chi connectivity index (χ2n) is 8.31. The van der Waals surface area contributed by atoms with Gasteiger partial charge in [-0.25, -0.2) is 0 Å². The van der Waals surface area contributed by atoms with Crippen LogP contribution >= 0.6 is 0 Å².